The Balaban J connectivity index is 2.20. The fourth-order valence-electron chi connectivity index (χ4n) is 1.19. The first-order valence-corrected chi connectivity index (χ1v) is 4.95. The molecule has 0 saturated heterocycles. The molecule has 0 aromatic heterocycles. The second-order valence-electron chi connectivity index (χ2n) is 3.11. The van der Waals surface area contributed by atoms with Crippen molar-refractivity contribution >= 4 is 6.21 Å². The van der Waals surface area contributed by atoms with Crippen molar-refractivity contribution in [3.63, 3.8) is 0 Å². The Morgan fingerprint density at radius 1 is 1.23 bits per heavy atom. The molecular weight excluding hydrogens is 158 g/mol. The molecule has 0 N–H and O–H groups in total. The normalized spacial score (nSPS) is 10.8. The third-order valence-corrected chi connectivity index (χ3v) is 1.89. The molecule has 0 aliphatic rings. The summed E-state index contributed by atoms with van der Waals surface area (Å²) >= 11 is 0. The van der Waals surface area contributed by atoms with Gasteiger partial charge in [0.2, 0.25) is 0 Å². The summed E-state index contributed by atoms with van der Waals surface area (Å²) in [6.45, 7) is 3.11. The summed E-state index contributed by atoms with van der Waals surface area (Å²) in [7, 11) is 0. The third kappa shape index (κ3) is 4.46. The van der Waals surface area contributed by atoms with Crippen molar-refractivity contribution in [3.05, 3.63) is 35.9 Å². The van der Waals surface area contributed by atoms with Crippen LogP contribution in [-0.2, 0) is 6.42 Å². The van der Waals surface area contributed by atoms with Gasteiger partial charge in [-0.25, -0.2) is 0 Å². The minimum absolute atomic E-state index is 0.967. The molecule has 0 amide bonds. The highest BCUT2D eigenvalue weighted by Crippen LogP contribution is 2.00. The zero-order valence-electron chi connectivity index (χ0n) is 8.24. The van der Waals surface area contributed by atoms with Crippen LogP contribution in [-0.4, -0.2) is 12.8 Å². The summed E-state index contributed by atoms with van der Waals surface area (Å²) in [6, 6.07) is 10.5. The Labute approximate surface area is 80.5 Å². The largest absolute Gasteiger partial charge is 0.298 e. The second kappa shape index (κ2) is 6.41. The summed E-state index contributed by atoms with van der Waals surface area (Å²) in [5.41, 5.74) is 1.39. The molecule has 0 spiro atoms. The minimum atomic E-state index is 0.967. The van der Waals surface area contributed by atoms with Crippen molar-refractivity contribution < 1.29 is 0 Å². The Kier molecular flexibility index (Phi) is 4.92. The quantitative estimate of drug-likeness (QED) is 0.610. The Bertz CT molecular complexity index is 239. The third-order valence-electron chi connectivity index (χ3n) is 1.89. The lowest BCUT2D eigenvalue weighted by molar-refractivity contribution is 0.926. The number of rotatable bonds is 5. The topological polar surface area (TPSA) is 12.4 Å². The van der Waals surface area contributed by atoms with E-state index in [1.807, 2.05) is 6.21 Å². The van der Waals surface area contributed by atoms with Gasteiger partial charge in [0.15, 0.2) is 0 Å². The summed E-state index contributed by atoms with van der Waals surface area (Å²) in [4.78, 5) is 4.28. The minimum Gasteiger partial charge on any atom is -0.298 e. The van der Waals surface area contributed by atoms with Gasteiger partial charge >= 0.3 is 0 Å². The van der Waals surface area contributed by atoms with Gasteiger partial charge in [0.1, 0.15) is 0 Å². The number of nitrogens with zero attached hydrogens (tertiary/aromatic N) is 1. The molecular formula is C12H17N. The Hall–Kier alpha value is -1.11. The number of hydrogen-bond acceptors (Lipinski definition) is 1. The number of aryl methyl sites for hydroxylation is 1. The van der Waals surface area contributed by atoms with E-state index in [1.165, 1.54) is 5.56 Å². The van der Waals surface area contributed by atoms with Crippen molar-refractivity contribution in [2.75, 3.05) is 6.54 Å². The van der Waals surface area contributed by atoms with E-state index in [2.05, 4.69) is 42.2 Å². The van der Waals surface area contributed by atoms with Crippen LogP contribution >= 0.6 is 0 Å². The van der Waals surface area contributed by atoms with Crippen LogP contribution in [0.1, 0.15) is 25.3 Å². The molecule has 1 heteroatoms. The summed E-state index contributed by atoms with van der Waals surface area (Å²) in [6.07, 6.45) is 5.34. The summed E-state index contributed by atoms with van der Waals surface area (Å²) < 4.78 is 0. The lowest BCUT2D eigenvalue weighted by Gasteiger charge is -1.95. The van der Waals surface area contributed by atoms with Crippen LogP contribution in [0.15, 0.2) is 35.3 Å². The smallest absolute Gasteiger partial charge is 0.0382 e. The van der Waals surface area contributed by atoms with Gasteiger partial charge in [-0.1, -0.05) is 37.3 Å². The predicted molar refractivity (Wildman–Crippen MR) is 58.4 cm³/mol. The average molecular weight is 175 g/mol. The number of aliphatic imine (C=N–C) groups is 1. The van der Waals surface area contributed by atoms with Gasteiger partial charge in [-0.3, -0.25) is 4.99 Å². The van der Waals surface area contributed by atoms with Crippen molar-refractivity contribution in [3.8, 4) is 0 Å². The summed E-state index contributed by atoms with van der Waals surface area (Å²) in [5, 5.41) is 0. The Morgan fingerprint density at radius 3 is 2.69 bits per heavy atom. The maximum absolute atomic E-state index is 4.28. The molecule has 70 valence electrons. The maximum atomic E-state index is 4.28. The van der Waals surface area contributed by atoms with Gasteiger partial charge in [0, 0.05) is 6.54 Å². The SMILES string of the molecule is CCC/N=C/CCc1ccccc1. The molecule has 0 aliphatic heterocycles. The highest BCUT2D eigenvalue weighted by atomic mass is 14.7. The van der Waals surface area contributed by atoms with Crippen molar-refractivity contribution in [2.24, 2.45) is 4.99 Å². The molecule has 0 heterocycles. The molecule has 0 fully saturated rings. The summed E-state index contributed by atoms with van der Waals surface area (Å²) in [5.74, 6) is 0. The van der Waals surface area contributed by atoms with Crippen LogP contribution < -0.4 is 0 Å². The maximum Gasteiger partial charge on any atom is 0.0382 e. The van der Waals surface area contributed by atoms with Gasteiger partial charge < -0.3 is 0 Å². The van der Waals surface area contributed by atoms with E-state index in [1.54, 1.807) is 0 Å². The molecule has 1 rings (SSSR count). The van der Waals surface area contributed by atoms with Crippen molar-refractivity contribution in [1.29, 1.82) is 0 Å². The molecule has 1 nitrogen and oxygen atoms in total. The van der Waals surface area contributed by atoms with Gasteiger partial charge in [-0.2, -0.15) is 0 Å². The van der Waals surface area contributed by atoms with Crippen LogP contribution in [0.2, 0.25) is 0 Å². The fourth-order valence-corrected chi connectivity index (χ4v) is 1.19. The predicted octanol–water partition coefficient (Wildman–Crippen LogP) is 3.10. The van der Waals surface area contributed by atoms with E-state index in [0.29, 0.717) is 0 Å². The first kappa shape index (κ1) is 9.97. The standard InChI is InChI=1S/C12H17N/c1-2-10-13-11-6-9-12-7-4-3-5-8-12/h3-5,7-8,11H,2,6,9-10H2,1H3/b13-11+. The van der Waals surface area contributed by atoms with Crippen LogP contribution in [0.25, 0.3) is 0 Å². The highest BCUT2D eigenvalue weighted by Gasteiger charge is 1.87. The zero-order valence-corrected chi connectivity index (χ0v) is 8.24. The van der Waals surface area contributed by atoms with Gasteiger partial charge in [0.05, 0.1) is 0 Å². The van der Waals surface area contributed by atoms with E-state index in [-0.39, 0.29) is 0 Å². The van der Waals surface area contributed by atoms with Crippen LogP contribution in [0, 0.1) is 0 Å². The Morgan fingerprint density at radius 2 is 2.00 bits per heavy atom. The van der Waals surface area contributed by atoms with E-state index in [4.69, 9.17) is 0 Å². The lowest BCUT2D eigenvalue weighted by atomic mass is 10.1. The lowest BCUT2D eigenvalue weighted by Crippen LogP contribution is -1.86. The van der Waals surface area contributed by atoms with Crippen LogP contribution in [0.3, 0.4) is 0 Å². The highest BCUT2D eigenvalue weighted by molar-refractivity contribution is 5.57. The van der Waals surface area contributed by atoms with E-state index < -0.39 is 0 Å². The number of hydrogen-bond donors (Lipinski definition) is 0. The zero-order chi connectivity index (χ0) is 9.36. The van der Waals surface area contributed by atoms with Crippen molar-refractivity contribution in [1.82, 2.24) is 0 Å². The molecule has 1 aromatic rings. The van der Waals surface area contributed by atoms with Crippen molar-refractivity contribution in [2.45, 2.75) is 26.2 Å². The first-order chi connectivity index (χ1) is 6.43. The van der Waals surface area contributed by atoms with E-state index in [0.717, 1.165) is 25.8 Å². The average Bonchev–Trinajstić information content (AvgIpc) is 2.19. The monoisotopic (exact) mass is 175 g/mol. The molecule has 1 aromatic carbocycles. The first-order valence-electron chi connectivity index (χ1n) is 4.95. The molecule has 0 unspecified atom stereocenters. The van der Waals surface area contributed by atoms with E-state index >= 15 is 0 Å². The van der Waals surface area contributed by atoms with Crippen LogP contribution in [0.4, 0.5) is 0 Å². The molecule has 0 saturated carbocycles. The molecule has 0 aliphatic carbocycles. The van der Waals surface area contributed by atoms with Gasteiger partial charge in [-0.05, 0) is 31.0 Å². The second-order valence-corrected chi connectivity index (χ2v) is 3.11. The molecule has 13 heavy (non-hydrogen) atoms. The molecule has 0 radical (unpaired) electrons. The van der Waals surface area contributed by atoms with Gasteiger partial charge in [-0.15, -0.1) is 0 Å². The van der Waals surface area contributed by atoms with Crippen LogP contribution in [0.5, 0.6) is 0 Å². The fraction of sp³-hybridized carbons (Fsp3) is 0.417. The molecule has 0 bridgehead atoms. The number of benzene rings is 1. The van der Waals surface area contributed by atoms with E-state index in [9.17, 15) is 0 Å². The molecule has 0 atom stereocenters. The van der Waals surface area contributed by atoms with Gasteiger partial charge in [0.25, 0.3) is 0 Å².